The highest BCUT2D eigenvalue weighted by atomic mass is 33.4. The molecule has 0 radical (unpaired) electrons. The van der Waals surface area contributed by atoms with Gasteiger partial charge in [0.1, 0.15) is 0 Å². The molecule has 0 aliphatic carbocycles. The summed E-state index contributed by atoms with van der Waals surface area (Å²) < 4.78 is 6.26. The van der Waals surface area contributed by atoms with Crippen molar-refractivity contribution >= 4 is 195 Å². The molecule has 6 heterocycles. The lowest BCUT2D eigenvalue weighted by Crippen LogP contribution is -2.18. The van der Waals surface area contributed by atoms with E-state index in [1.165, 1.54) is 82.7 Å². The van der Waals surface area contributed by atoms with Crippen LogP contribution >= 0.6 is 157 Å². The van der Waals surface area contributed by atoms with Gasteiger partial charge in [0.25, 0.3) is 0 Å². The first-order valence-electron chi connectivity index (χ1n) is 14.1. The van der Waals surface area contributed by atoms with Crippen molar-refractivity contribution in [3.63, 3.8) is 0 Å². The average Bonchev–Trinajstić information content (AvgIpc) is 3.08. The van der Waals surface area contributed by atoms with Crippen molar-refractivity contribution in [2.24, 2.45) is 0 Å². The fourth-order valence-corrected chi connectivity index (χ4v) is 27.8. The highest BCUT2D eigenvalue weighted by molar-refractivity contribution is 8.09. The molecular weight excluding hydrogens is 937 g/mol. The molecule has 2 aromatic heterocycles. The van der Waals surface area contributed by atoms with E-state index in [0.29, 0.717) is 0 Å². The van der Waals surface area contributed by atoms with Crippen LogP contribution in [0.3, 0.4) is 0 Å². The number of aromatic hydroxyl groups is 4. The van der Waals surface area contributed by atoms with Gasteiger partial charge in [0, 0.05) is 10.8 Å². The van der Waals surface area contributed by atoms with Crippen molar-refractivity contribution in [1.82, 2.24) is 0 Å². The average molecular weight is 962 g/mol. The molecule has 0 atom stereocenters. The van der Waals surface area contributed by atoms with Gasteiger partial charge in [-0.1, -0.05) is 110 Å². The molecular formula is C30H24O4S16. The third-order valence-electron chi connectivity index (χ3n) is 8.15. The molecule has 20 heteroatoms. The number of phenols is 4. The second-order valence-electron chi connectivity index (χ2n) is 11.7. The Morgan fingerprint density at radius 2 is 0.440 bits per heavy atom. The number of rotatable bonds is 0. The van der Waals surface area contributed by atoms with Crippen LogP contribution in [0.4, 0.5) is 0 Å². The normalized spacial score (nSPS) is 13.8. The number of hydrogen-bond acceptors (Lipinski definition) is 20. The highest BCUT2D eigenvalue weighted by Crippen LogP contribution is 2.47. The molecule has 12 bridgehead atoms. The van der Waals surface area contributed by atoms with Gasteiger partial charge in [-0.2, -0.15) is 0 Å². The van der Waals surface area contributed by atoms with Crippen molar-refractivity contribution in [3.8, 4) is 23.0 Å². The van der Waals surface area contributed by atoms with Crippen LogP contribution in [0.1, 0.15) is 49.9 Å². The van der Waals surface area contributed by atoms with Crippen LogP contribution in [-0.4, -0.2) is 20.4 Å². The van der Waals surface area contributed by atoms with Crippen LogP contribution in [0.25, 0.3) is 37.6 Å². The van der Waals surface area contributed by atoms with Crippen LogP contribution in [0, 0.1) is 0 Å². The minimum Gasteiger partial charge on any atom is -0.505 e. The van der Waals surface area contributed by atoms with E-state index in [4.69, 9.17) is 0 Å². The van der Waals surface area contributed by atoms with Crippen LogP contribution in [0.5, 0.6) is 23.0 Å². The van der Waals surface area contributed by atoms with Crippen molar-refractivity contribution < 1.29 is 20.4 Å². The molecule has 4 N–H and O–H groups in total. The van der Waals surface area contributed by atoms with Gasteiger partial charge in [0.05, 0.1) is 37.6 Å². The van der Waals surface area contributed by atoms with Crippen molar-refractivity contribution in [2.45, 2.75) is 38.5 Å². The van der Waals surface area contributed by atoms with Crippen molar-refractivity contribution in [1.29, 1.82) is 0 Å². The molecule has 4 aromatic carbocycles. The molecule has 10 rings (SSSR count). The SMILES string of the molecule is CC1(C)c2cc3ssssc4cc(cc(ssssc(c2)c3O)c4O)C(C)(C)c2cc3ssssc4cc1cc(ssssc(c2)c3O)c4O. The molecule has 0 fully saturated rings. The minimum absolute atomic E-state index is 0.268. The van der Waals surface area contributed by atoms with E-state index in [1.807, 2.05) is 0 Å². The zero-order valence-corrected chi connectivity index (χ0v) is 39.0. The van der Waals surface area contributed by atoms with Gasteiger partial charge in [0.2, 0.25) is 0 Å². The topological polar surface area (TPSA) is 80.9 Å². The zero-order valence-electron chi connectivity index (χ0n) is 25.9. The zero-order chi connectivity index (χ0) is 35.2. The molecule has 4 aliphatic rings. The maximum absolute atomic E-state index is 11.5. The van der Waals surface area contributed by atoms with Gasteiger partial charge in [-0.15, -0.1) is 0 Å². The first-order chi connectivity index (χ1) is 23.9. The van der Waals surface area contributed by atoms with E-state index < -0.39 is 10.8 Å². The van der Waals surface area contributed by atoms with Gasteiger partial charge in [0.15, 0.2) is 23.0 Å². The Bertz CT molecular complexity index is 2090. The largest absolute Gasteiger partial charge is 0.505 e. The summed E-state index contributed by atoms with van der Waals surface area (Å²) in [6, 6.07) is 16.7. The Hall–Kier alpha value is -0.400. The van der Waals surface area contributed by atoms with Gasteiger partial charge in [-0.25, -0.2) is 0 Å². The van der Waals surface area contributed by atoms with Crippen LogP contribution < -0.4 is 0 Å². The summed E-state index contributed by atoms with van der Waals surface area (Å²) in [6.07, 6.45) is 0. The summed E-state index contributed by atoms with van der Waals surface area (Å²) in [7, 11) is 24.6. The summed E-state index contributed by atoms with van der Waals surface area (Å²) in [6.45, 7) is 8.77. The summed E-state index contributed by atoms with van der Waals surface area (Å²) in [5.41, 5.74) is 3.32. The molecule has 50 heavy (non-hydrogen) atoms. The Kier molecular flexibility index (Phi) is 11.9. The Morgan fingerprint density at radius 1 is 0.300 bits per heavy atom. The number of benzene rings is 4. The molecule has 0 amide bonds. The molecule has 0 saturated heterocycles. The third kappa shape index (κ3) is 7.74. The quantitative estimate of drug-likeness (QED) is 0.114. The van der Waals surface area contributed by atoms with Crippen LogP contribution in [0.2, 0.25) is 0 Å². The number of hydrogen-bond donors (Lipinski definition) is 4. The van der Waals surface area contributed by atoms with Gasteiger partial charge >= 0.3 is 0 Å². The lowest BCUT2D eigenvalue weighted by atomic mass is 9.78. The van der Waals surface area contributed by atoms with Crippen molar-refractivity contribution in [3.05, 3.63) is 70.8 Å². The Labute approximate surface area is 343 Å². The second-order valence-corrected chi connectivity index (χ2v) is 34.8. The number of phenolic OH excluding ortho intramolecular Hbond substituents is 4. The van der Waals surface area contributed by atoms with Crippen molar-refractivity contribution in [2.75, 3.05) is 0 Å². The van der Waals surface area contributed by atoms with Gasteiger partial charge in [-0.3, -0.25) is 0 Å². The third-order valence-corrected chi connectivity index (χ3v) is 32.3. The Morgan fingerprint density at radius 3 is 0.580 bits per heavy atom. The molecule has 264 valence electrons. The van der Waals surface area contributed by atoms with Gasteiger partial charge in [-0.05, 0) is 146 Å². The molecule has 4 aliphatic heterocycles. The molecule has 0 spiro atoms. The summed E-state index contributed by atoms with van der Waals surface area (Å²) >= 11 is 0. The fourth-order valence-electron chi connectivity index (χ4n) is 5.02. The van der Waals surface area contributed by atoms with E-state index in [1.54, 1.807) is 74.8 Å². The molecule has 4 nitrogen and oxygen atoms in total. The lowest BCUT2D eigenvalue weighted by molar-refractivity contribution is 0.487. The smallest absolute Gasteiger partial charge is 0.151 e. The summed E-state index contributed by atoms with van der Waals surface area (Å²) in [5, 5.41) is 45.8. The predicted molar refractivity (Wildman–Crippen MR) is 243 cm³/mol. The summed E-state index contributed by atoms with van der Waals surface area (Å²) in [5.74, 6) is 1.07. The lowest BCUT2D eigenvalue weighted by Gasteiger charge is -2.27. The Balaban J connectivity index is 1.71. The van der Waals surface area contributed by atoms with E-state index in [-0.39, 0.29) is 23.0 Å². The molecule has 6 aromatic rings. The fraction of sp³-hybridized carbons (Fsp3) is 0.200. The van der Waals surface area contributed by atoms with E-state index in [9.17, 15) is 20.4 Å². The standard InChI is InChI=1S/C30H24O4S16/c1-29(2)13-5-17-25(31)18(6-13)36-44-48-40-22-10-15(9-21(27(22)33)39-47-43-35-17)30(3,4)16-11-23-28(34)24(12-16)42-50-46-38-20-8-14(29)7-19(26(20)32)37-45-49-41-23/h5-12,31-34H,1-4H3. The predicted octanol–water partition coefficient (Wildman–Crippen LogP) is 16.9. The second kappa shape index (κ2) is 15.8. The van der Waals surface area contributed by atoms with Gasteiger partial charge < -0.3 is 20.4 Å². The first-order valence-corrected chi connectivity index (χ1v) is 33.4. The first kappa shape index (κ1) is 37.9. The van der Waals surface area contributed by atoms with E-state index >= 15 is 0 Å². The molecule has 0 unspecified atom stereocenters. The van der Waals surface area contributed by atoms with E-state index in [2.05, 4.69) is 76.2 Å². The maximum atomic E-state index is 11.5. The van der Waals surface area contributed by atoms with Crippen LogP contribution in [-0.2, 0) is 10.8 Å². The van der Waals surface area contributed by atoms with Crippen LogP contribution in [0.15, 0.2) is 48.5 Å². The van der Waals surface area contributed by atoms with E-state index in [0.717, 1.165) is 59.9 Å². The monoisotopic (exact) mass is 960 g/mol. The maximum Gasteiger partial charge on any atom is 0.151 e. The summed E-state index contributed by atoms with van der Waals surface area (Å²) in [4.78, 5) is 0. The molecule has 0 saturated carbocycles. The highest BCUT2D eigenvalue weighted by Gasteiger charge is 2.28. The minimum atomic E-state index is -0.463.